The van der Waals surface area contributed by atoms with Crippen LogP contribution in [0.4, 0.5) is 4.39 Å². The molecule has 1 aromatic carbocycles. The van der Waals surface area contributed by atoms with E-state index in [1.54, 1.807) is 6.07 Å². The Bertz CT molecular complexity index is 467. The van der Waals surface area contributed by atoms with E-state index in [0.717, 1.165) is 11.5 Å². The van der Waals surface area contributed by atoms with E-state index < -0.39 is 0 Å². The van der Waals surface area contributed by atoms with Gasteiger partial charge in [-0.2, -0.15) is 0 Å². The van der Waals surface area contributed by atoms with Crippen LogP contribution in [0.5, 0.6) is 0 Å². The molecule has 1 aromatic rings. The molecule has 0 aliphatic heterocycles. The summed E-state index contributed by atoms with van der Waals surface area (Å²) in [6, 6.07) is 5.91. The van der Waals surface area contributed by atoms with Crippen LogP contribution in [0, 0.1) is 30.0 Å². The Hall–Kier alpha value is -0.890. The van der Waals surface area contributed by atoms with Crippen LogP contribution in [0.3, 0.4) is 0 Å². The highest BCUT2D eigenvalue weighted by Gasteiger charge is 2.32. The molecule has 1 nitrogen and oxygen atoms in total. The second-order valence-electron chi connectivity index (χ2n) is 7.75. The van der Waals surface area contributed by atoms with Crippen molar-refractivity contribution in [2.45, 2.75) is 59.4 Å². The molecular weight excluding hydrogens is 261 g/mol. The lowest BCUT2D eigenvalue weighted by molar-refractivity contribution is 0.134. The summed E-state index contributed by atoms with van der Waals surface area (Å²) in [5.41, 5.74) is 2.40. The van der Waals surface area contributed by atoms with Crippen LogP contribution in [-0.2, 0) is 0 Å². The molecule has 0 heterocycles. The minimum atomic E-state index is -0.106. The number of nitrogens with one attached hydrogen (secondary N) is 1. The molecule has 118 valence electrons. The van der Waals surface area contributed by atoms with Gasteiger partial charge in [0.15, 0.2) is 0 Å². The zero-order valence-corrected chi connectivity index (χ0v) is 14.2. The summed E-state index contributed by atoms with van der Waals surface area (Å²) >= 11 is 0. The van der Waals surface area contributed by atoms with Gasteiger partial charge >= 0.3 is 0 Å². The molecule has 0 radical (unpaired) electrons. The number of rotatable bonds is 3. The number of benzene rings is 1. The van der Waals surface area contributed by atoms with E-state index in [9.17, 15) is 4.39 Å². The molecule has 2 heteroatoms. The molecule has 0 saturated heterocycles. The minimum absolute atomic E-state index is 0.106. The highest BCUT2D eigenvalue weighted by Crippen LogP contribution is 2.43. The van der Waals surface area contributed by atoms with E-state index in [1.165, 1.54) is 31.2 Å². The van der Waals surface area contributed by atoms with Crippen LogP contribution in [0.25, 0.3) is 0 Å². The van der Waals surface area contributed by atoms with Gasteiger partial charge in [0.2, 0.25) is 0 Å². The number of hydrogen-bond acceptors (Lipinski definition) is 1. The molecule has 0 spiro atoms. The van der Waals surface area contributed by atoms with Gasteiger partial charge in [-0.3, -0.25) is 0 Å². The summed E-state index contributed by atoms with van der Waals surface area (Å²) in [5.74, 6) is 1.39. The van der Waals surface area contributed by atoms with E-state index in [-0.39, 0.29) is 5.82 Å². The Kier molecular flexibility index (Phi) is 5.08. The van der Waals surface area contributed by atoms with Crippen molar-refractivity contribution in [1.29, 1.82) is 0 Å². The van der Waals surface area contributed by atoms with Gasteiger partial charge in [0.1, 0.15) is 5.82 Å². The van der Waals surface area contributed by atoms with Gasteiger partial charge in [0.05, 0.1) is 0 Å². The predicted molar refractivity (Wildman–Crippen MR) is 87.8 cm³/mol. The summed E-state index contributed by atoms with van der Waals surface area (Å²) in [7, 11) is 2.03. The first-order valence-corrected chi connectivity index (χ1v) is 8.26. The molecule has 0 bridgehead atoms. The van der Waals surface area contributed by atoms with E-state index in [4.69, 9.17) is 0 Å². The molecular formula is C19H30FN. The fourth-order valence-electron chi connectivity index (χ4n) is 3.85. The maximum atomic E-state index is 13.5. The number of hydrogen-bond donors (Lipinski definition) is 1. The lowest BCUT2D eigenvalue weighted by atomic mass is 9.68. The smallest absolute Gasteiger partial charge is 0.126 e. The van der Waals surface area contributed by atoms with Crippen molar-refractivity contribution >= 4 is 0 Å². The van der Waals surface area contributed by atoms with Gasteiger partial charge in [0.25, 0.3) is 0 Å². The molecule has 1 aliphatic carbocycles. The van der Waals surface area contributed by atoms with Crippen molar-refractivity contribution in [2.24, 2.45) is 17.3 Å². The monoisotopic (exact) mass is 291 g/mol. The van der Waals surface area contributed by atoms with Gasteiger partial charge in [-0.15, -0.1) is 0 Å². The van der Waals surface area contributed by atoms with Crippen molar-refractivity contribution in [3.8, 4) is 0 Å². The third kappa shape index (κ3) is 3.85. The maximum Gasteiger partial charge on any atom is 0.126 e. The average Bonchev–Trinajstić information content (AvgIpc) is 2.43. The van der Waals surface area contributed by atoms with Crippen molar-refractivity contribution in [2.75, 3.05) is 7.05 Å². The fraction of sp³-hybridized carbons (Fsp3) is 0.684. The second-order valence-corrected chi connectivity index (χ2v) is 7.75. The van der Waals surface area contributed by atoms with Crippen molar-refractivity contribution in [1.82, 2.24) is 5.32 Å². The summed E-state index contributed by atoms with van der Waals surface area (Å²) in [6.45, 7) is 8.92. The lowest BCUT2D eigenvalue weighted by Gasteiger charge is -2.39. The third-order valence-electron chi connectivity index (χ3n) is 5.32. The van der Waals surface area contributed by atoms with Crippen LogP contribution in [0.1, 0.15) is 63.6 Å². The van der Waals surface area contributed by atoms with Crippen LogP contribution < -0.4 is 5.32 Å². The zero-order valence-electron chi connectivity index (χ0n) is 14.2. The topological polar surface area (TPSA) is 12.0 Å². The summed E-state index contributed by atoms with van der Waals surface area (Å²) in [5, 5.41) is 3.47. The van der Waals surface area contributed by atoms with Gasteiger partial charge in [-0.1, -0.05) is 32.9 Å². The summed E-state index contributed by atoms with van der Waals surface area (Å²) in [6.07, 6.45) is 5.16. The summed E-state index contributed by atoms with van der Waals surface area (Å²) < 4.78 is 13.5. The van der Waals surface area contributed by atoms with E-state index in [2.05, 4.69) is 26.1 Å². The Labute approximate surface area is 129 Å². The minimum Gasteiger partial charge on any atom is -0.313 e. The molecule has 1 atom stereocenters. The lowest BCUT2D eigenvalue weighted by Crippen LogP contribution is -2.32. The molecule has 0 aromatic heterocycles. The van der Waals surface area contributed by atoms with Crippen molar-refractivity contribution in [3.63, 3.8) is 0 Å². The highest BCUT2D eigenvalue weighted by molar-refractivity contribution is 5.27. The van der Waals surface area contributed by atoms with E-state index >= 15 is 0 Å². The van der Waals surface area contributed by atoms with E-state index in [1.807, 2.05) is 26.1 Å². The maximum absolute atomic E-state index is 13.5. The standard InChI is InChI=1S/C19H30FN/c1-13-12-15(8-11-17(13)20)18(21-5)14-6-9-16(10-7-14)19(2,3)4/h8,11-12,14,16,18,21H,6-7,9-10H2,1-5H3. The van der Waals surface area contributed by atoms with Gasteiger partial charge in [0, 0.05) is 6.04 Å². The predicted octanol–water partition coefficient (Wildman–Crippen LogP) is 5.25. The molecule has 0 amide bonds. The van der Waals surface area contributed by atoms with Crippen LogP contribution in [-0.4, -0.2) is 7.05 Å². The quantitative estimate of drug-likeness (QED) is 0.802. The Morgan fingerprint density at radius 2 is 1.76 bits per heavy atom. The molecule has 1 N–H and O–H groups in total. The molecule has 1 fully saturated rings. The van der Waals surface area contributed by atoms with Crippen LogP contribution in [0.15, 0.2) is 18.2 Å². The van der Waals surface area contributed by atoms with Gasteiger partial charge in [-0.05, 0) is 74.1 Å². The average molecular weight is 291 g/mol. The van der Waals surface area contributed by atoms with Gasteiger partial charge < -0.3 is 5.32 Å². The first kappa shape index (κ1) is 16.5. The molecule has 2 rings (SSSR count). The SMILES string of the molecule is CNC(c1ccc(F)c(C)c1)C1CCC(C(C)(C)C)CC1. The largest absolute Gasteiger partial charge is 0.313 e. The first-order chi connectivity index (χ1) is 9.82. The van der Waals surface area contributed by atoms with Crippen molar-refractivity contribution in [3.05, 3.63) is 35.1 Å². The van der Waals surface area contributed by atoms with E-state index in [0.29, 0.717) is 17.4 Å². The van der Waals surface area contributed by atoms with Crippen molar-refractivity contribution < 1.29 is 4.39 Å². The zero-order chi connectivity index (χ0) is 15.6. The highest BCUT2D eigenvalue weighted by atomic mass is 19.1. The Balaban J connectivity index is 2.07. The third-order valence-corrected chi connectivity index (χ3v) is 5.32. The number of aryl methyl sites for hydroxylation is 1. The second kappa shape index (κ2) is 6.48. The molecule has 21 heavy (non-hydrogen) atoms. The Morgan fingerprint density at radius 3 is 2.24 bits per heavy atom. The molecule has 1 saturated carbocycles. The van der Waals surface area contributed by atoms with Crippen LogP contribution in [0.2, 0.25) is 0 Å². The molecule has 1 unspecified atom stereocenters. The number of halogens is 1. The normalized spacial score (nSPS) is 24.9. The summed E-state index contributed by atoms with van der Waals surface area (Å²) in [4.78, 5) is 0. The fourth-order valence-corrected chi connectivity index (χ4v) is 3.85. The molecule has 1 aliphatic rings. The Morgan fingerprint density at radius 1 is 1.14 bits per heavy atom. The first-order valence-electron chi connectivity index (χ1n) is 8.26. The van der Waals surface area contributed by atoms with Crippen LogP contribution >= 0.6 is 0 Å². The van der Waals surface area contributed by atoms with Gasteiger partial charge in [-0.25, -0.2) is 4.39 Å².